The summed E-state index contributed by atoms with van der Waals surface area (Å²) >= 11 is 0. The molecule has 8 nitrogen and oxygen atoms in total. The number of nitrogens with zero attached hydrogens (tertiary/aromatic N) is 1. The Morgan fingerprint density at radius 2 is 1.63 bits per heavy atom. The molecule has 0 saturated carbocycles. The molecule has 2 amide bonds. The number of carbonyl (C=O) groups is 3. The molecule has 0 saturated heterocycles. The second kappa shape index (κ2) is 8.87. The van der Waals surface area contributed by atoms with E-state index < -0.39 is 24.0 Å². The number of benzene rings is 2. The molecule has 2 aromatic carbocycles. The third kappa shape index (κ3) is 4.79. The molecule has 8 heteroatoms. The summed E-state index contributed by atoms with van der Waals surface area (Å²) in [6.45, 7) is -0.496. The zero-order chi connectivity index (χ0) is 21.7. The van der Waals surface area contributed by atoms with Gasteiger partial charge >= 0.3 is 5.97 Å². The van der Waals surface area contributed by atoms with Gasteiger partial charge in [0.15, 0.2) is 0 Å². The highest BCUT2D eigenvalue weighted by Crippen LogP contribution is 2.21. The molecule has 0 fully saturated rings. The molecule has 0 unspecified atom stereocenters. The van der Waals surface area contributed by atoms with Gasteiger partial charge in [-0.05, 0) is 41.5 Å². The normalized spacial score (nSPS) is 10.3. The minimum Gasteiger partial charge on any atom is -0.480 e. The molecule has 0 aliphatic heterocycles. The van der Waals surface area contributed by atoms with Gasteiger partial charge in [0, 0.05) is 30.4 Å². The zero-order valence-corrected chi connectivity index (χ0v) is 16.1. The van der Waals surface area contributed by atoms with Crippen LogP contribution in [0.2, 0.25) is 0 Å². The van der Waals surface area contributed by atoms with Crippen molar-refractivity contribution in [1.82, 2.24) is 9.88 Å². The number of nitrogens with one attached hydrogen (secondary N) is 2. The monoisotopic (exact) mass is 405 g/mol. The Morgan fingerprint density at radius 1 is 0.900 bits per heavy atom. The molecule has 1 aromatic heterocycles. The molecule has 3 N–H and O–H groups in total. The van der Waals surface area contributed by atoms with Gasteiger partial charge in [-0.3, -0.25) is 19.2 Å². The van der Waals surface area contributed by atoms with Crippen LogP contribution in [0, 0.1) is 0 Å². The van der Waals surface area contributed by atoms with Gasteiger partial charge in [-0.1, -0.05) is 24.3 Å². The zero-order valence-electron chi connectivity index (χ0n) is 16.1. The number of aliphatic carboxylic acids is 1. The van der Waals surface area contributed by atoms with E-state index in [9.17, 15) is 19.2 Å². The fourth-order valence-electron chi connectivity index (χ4n) is 2.88. The maximum absolute atomic E-state index is 12.6. The van der Waals surface area contributed by atoms with Gasteiger partial charge in [-0.15, -0.1) is 0 Å². The van der Waals surface area contributed by atoms with Crippen LogP contribution in [0.1, 0.15) is 20.7 Å². The van der Waals surface area contributed by atoms with E-state index >= 15 is 0 Å². The van der Waals surface area contributed by atoms with Crippen molar-refractivity contribution in [2.45, 2.75) is 6.54 Å². The Morgan fingerprint density at radius 3 is 2.30 bits per heavy atom. The van der Waals surface area contributed by atoms with E-state index in [1.54, 1.807) is 49.5 Å². The van der Waals surface area contributed by atoms with Crippen LogP contribution in [0.25, 0.3) is 11.1 Å². The largest absolute Gasteiger partial charge is 0.480 e. The number of carboxylic acids is 1. The van der Waals surface area contributed by atoms with Gasteiger partial charge in [-0.25, -0.2) is 0 Å². The van der Waals surface area contributed by atoms with E-state index in [1.807, 2.05) is 6.07 Å². The molecule has 0 bridgehead atoms. The maximum Gasteiger partial charge on any atom is 0.323 e. The second-order valence-electron chi connectivity index (χ2n) is 6.47. The SMILES string of the molecule is CNC(=O)c1ccc(-c2cccc(C(=O)Nc3ccc(=O)n(CC(=O)O)c3)c2)cc1. The molecule has 0 aliphatic rings. The van der Waals surface area contributed by atoms with Crippen molar-refractivity contribution in [3.05, 3.63) is 88.3 Å². The summed E-state index contributed by atoms with van der Waals surface area (Å²) in [5, 5.41) is 14.1. The van der Waals surface area contributed by atoms with Crippen LogP contribution in [-0.4, -0.2) is 34.5 Å². The van der Waals surface area contributed by atoms with Gasteiger partial charge in [0.2, 0.25) is 0 Å². The smallest absolute Gasteiger partial charge is 0.323 e. The van der Waals surface area contributed by atoms with Crippen molar-refractivity contribution in [2.24, 2.45) is 0 Å². The fraction of sp³-hybridized carbons (Fsp3) is 0.0909. The quantitative estimate of drug-likeness (QED) is 0.581. The Labute approximate surface area is 171 Å². The lowest BCUT2D eigenvalue weighted by Gasteiger charge is -2.09. The number of hydrogen-bond donors (Lipinski definition) is 3. The summed E-state index contributed by atoms with van der Waals surface area (Å²) in [5.74, 6) is -1.74. The Kier molecular flexibility index (Phi) is 6.07. The van der Waals surface area contributed by atoms with Crippen molar-refractivity contribution in [3.63, 3.8) is 0 Å². The molecule has 152 valence electrons. The first-order valence-corrected chi connectivity index (χ1v) is 9.03. The molecule has 1 heterocycles. The van der Waals surface area contributed by atoms with E-state index in [1.165, 1.54) is 18.3 Å². The summed E-state index contributed by atoms with van der Waals surface area (Å²) in [6, 6.07) is 16.5. The van der Waals surface area contributed by atoms with Crippen LogP contribution >= 0.6 is 0 Å². The highest BCUT2D eigenvalue weighted by molar-refractivity contribution is 6.05. The predicted molar refractivity (Wildman–Crippen MR) is 112 cm³/mol. The van der Waals surface area contributed by atoms with Gasteiger partial charge in [-0.2, -0.15) is 0 Å². The third-order valence-corrected chi connectivity index (χ3v) is 4.38. The van der Waals surface area contributed by atoms with Crippen molar-refractivity contribution in [1.29, 1.82) is 0 Å². The summed E-state index contributed by atoms with van der Waals surface area (Å²) in [5.41, 5.74) is 2.39. The van der Waals surface area contributed by atoms with Crippen LogP contribution in [0.15, 0.2) is 71.7 Å². The molecule has 3 rings (SSSR count). The van der Waals surface area contributed by atoms with Crippen molar-refractivity contribution < 1.29 is 19.5 Å². The number of hydrogen-bond acceptors (Lipinski definition) is 4. The summed E-state index contributed by atoms with van der Waals surface area (Å²) in [7, 11) is 1.56. The topological polar surface area (TPSA) is 118 Å². The lowest BCUT2D eigenvalue weighted by molar-refractivity contribution is -0.137. The first-order chi connectivity index (χ1) is 14.4. The van der Waals surface area contributed by atoms with Crippen molar-refractivity contribution in [3.8, 4) is 11.1 Å². The van der Waals surface area contributed by atoms with Crippen LogP contribution in [-0.2, 0) is 11.3 Å². The van der Waals surface area contributed by atoms with E-state index in [0.29, 0.717) is 16.8 Å². The number of anilines is 1. The minimum absolute atomic E-state index is 0.182. The molecule has 0 atom stereocenters. The van der Waals surface area contributed by atoms with E-state index in [0.717, 1.165) is 15.7 Å². The first-order valence-electron chi connectivity index (χ1n) is 9.03. The number of pyridine rings is 1. The molecule has 0 radical (unpaired) electrons. The standard InChI is InChI=1S/C22H19N3O5/c1-23-21(29)15-7-5-14(6-8-15)16-3-2-4-17(11-16)22(30)24-18-9-10-19(26)25(12-18)13-20(27)28/h2-12H,13H2,1H3,(H,23,29)(H,24,30)(H,27,28). The van der Waals surface area contributed by atoms with Gasteiger partial charge < -0.3 is 20.3 Å². The molecule has 0 aliphatic carbocycles. The van der Waals surface area contributed by atoms with Crippen molar-refractivity contribution in [2.75, 3.05) is 12.4 Å². The Balaban J connectivity index is 1.80. The highest BCUT2D eigenvalue weighted by atomic mass is 16.4. The van der Waals surface area contributed by atoms with Gasteiger partial charge in [0.05, 0.1) is 5.69 Å². The van der Waals surface area contributed by atoms with Crippen LogP contribution in [0.3, 0.4) is 0 Å². The Bertz CT molecular complexity index is 1170. The Hall–Kier alpha value is -4.20. The van der Waals surface area contributed by atoms with Gasteiger partial charge in [0.1, 0.15) is 6.54 Å². The number of amides is 2. The number of carboxylic acid groups (broad SMARTS) is 1. The second-order valence-corrected chi connectivity index (χ2v) is 6.47. The molecule has 3 aromatic rings. The number of carbonyl (C=O) groups excluding carboxylic acids is 2. The number of rotatable bonds is 6. The average molecular weight is 405 g/mol. The van der Waals surface area contributed by atoms with E-state index in [4.69, 9.17) is 5.11 Å². The first kappa shape index (κ1) is 20.5. The van der Waals surface area contributed by atoms with E-state index in [2.05, 4.69) is 10.6 Å². The third-order valence-electron chi connectivity index (χ3n) is 4.38. The molecule has 0 spiro atoms. The minimum atomic E-state index is -1.16. The highest BCUT2D eigenvalue weighted by Gasteiger charge is 2.10. The predicted octanol–water partition coefficient (Wildman–Crippen LogP) is 2.21. The van der Waals surface area contributed by atoms with Crippen molar-refractivity contribution >= 4 is 23.5 Å². The summed E-state index contributed by atoms with van der Waals surface area (Å²) in [4.78, 5) is 46.9. The molecular weight excluding hydrogens is 386 g/mol. The van der Waals surface area contributed by atoms with Crippen LogP contribution < -0.4 is 16.2 Å². The molecule has 30 heavy (non-hydrogen) atoms. The molecular formula is C22H19N3O5. The summed E-state index contributed by atoms with van der Waals surface area (Å²) < 4.78 is 1.00. The van der Waals surface area contributed by atoms with Gasteiger partial charge in [0.25, 0.3) is 17.4 Å². The van der Waals surface area contributed by atoms with Crippen LogP contribution in [0.4, 0.5) is 5.69 Å². The summed E-state index contributed by atoms with van der Waals surface area (Å²) in [6.07, 6.45) is 1.29. The average Bonchev–Trinajstić information content (AvgIpc) is 2.75. The van der Waals surface area contributed by atoms with Crippen LogP contribution in [0.5, 0.6) is 0 Å². The number of aromatic nitrogens is 1. The lowest BCUT2D eigenvalue weighted by atomic mass is 10.0. The van der Waals surface area contributed by atoms with E-state index in [-0.39, 0.29) is 5.91 Å². The lowest BCUT2D eigenvalue weighted by Crippen LogP contribution is -2.24. The fourth-order valence-corrected chi connectivity index (χ4v) is 2.88. The maximum atomic E-state index is 12.6.